The fraction of sp³-hybridized carbons (Fsp3) is 0.344. The number of nitrogens with one attached hydrogen (secondary N) is 1. The maximum atomic E-state index is 15.0. The van der Waals surface area contributed by atoms with E-state index in [4.69, 9.17) is 9.26 Å². The van der Waals surface area contributed by atoms with Gasteiger partial charge in [0.1, 0.15) is 17.5 Å². The Hall–Kier alpha value is -4.05. The number of rotatable bonds is 8. The van der Waals surface area contributed by atoms with E-state index in [1.165, 1.54) is 24.3 Å². The number of hydrogen-bond donors (Lipinski definition) is 1. The molecule has 222 valence electrons. The fourth-order valence-electron chi connectivity index (χ4n) is 4.49. The number of esters is 1. The number of aromatic nitrogens is 2. The minimum atomic E-state index is -4.62. The third-order valence-electron chi connectivity index (χ3n) is 6.58. The summed E-state index contributed by atoms with van der Waals surface area (Å²) in [4.78, 5) is 16.8. The van der Waals surface area contributed by atoms with E-state index >= 15 is 4.39 Å². The van der Waals surface area contributed by atoms with Gasteiger partial charge in [0.05, 0.1) is 5.56 Å². The van der Waals surface area contributed by atoms with E-state index in [-0.39, 0.29) is 40.9 Å². The Morgan fingerprint density at radius 3 is 2.29 bits per heavy atom. The maximum absolute atomic E-state index is 15.0. The fourth-order valence-corrected chi connectivity index (χ4v) is 4.49. The molecule has 0 fully saturated rings. The lowest BCUT2D eigenvalue weighted by atomic mass is 9.94. The number of ether oxygens (including phenoxy) is 1. The first-order valence-electron chi connectivity index (χ1n) is 13.5. The smallest absolute Gasteiger partial charge is 0.417 e. The van der Waals surface area contributed by atoms with Crippen LogP contribution < -0.4 is 5.32 Å². The van der Waals surface area contributed by atoms with Gasteiger partial charge in [-0.3, -0.25) is 10.1 Å². The molecule has 1 atom stereocenters. The van der Waals surface area contributed by atoms with Crippen molar-refractivity contribution in [1.82, 2.24) is 15.5 Å². The van der Waals surface area contributed by atoms with Gasteiger partial charge in [0, 0.05) is 23.2 Å². The Morgan fingerprint density at radius 2 is 1.67 bits per heavy atom. The Morgan fingerprint density at radius 1 is 0.976 bits per heavy atom. The molecule has 0 amide bonds. The highest BCUT2D eigenvalue weighted by molar-refractivity contribution is 5.76. The highest BCUT2D eigenvalue weighted by atomic mass is 19.4. The maximum Gasteiger partial charge on any atom is 0.417 e. The Labute approximate surface area is 242 Å². The standard InChI is InChI=1S/C32H33F4N3O3/c1-18(2)27(30(40)41-31(4,5)6)37-17-22-12-11-20(16-26(22)33)28-38-29(42-39-28)21-13-14-24(25(15-21)32(34,35)36)23-10-8-7-9-19(23)3/h7-16,18,27,37H,17H2,1-6H3. The molecule has 0 aliphatic rings. The van der Waals surface area contributed by atoms with Crippen molar-refractivity contribution in [3.05, 3.63) is 83.2 Å². The molecular weight excluding hydrogens is 550 g/mol. The molecule has 0 saturated carbocycles. The highest BCUT2D eigenvalue weighted by Crippen LogP contribution is 2.40. The van der Waals surface area contributed by atoms with Crippen molar-refractivity contribution in [2.45, 2.75) is 65.9 Å². The first kappa shape index (κ1) is 30.9. The monoisotopic (exact) mass is 583 g/mol. The molecule has 1 heterocycles. The topological polar surface area (TPSA) is 77.2 Å². The van der Waals surface area contributed by atoms with Crippen molar-refractivity contribution in [2.24, 2.45) is 5.92 Å². The molecule has 0 bridgehead atoms. The van der Waals surface area contributed by atoms with E-state index in [0.29, 0.717) is 16.7 Å². The minimum absolute atomic E-state index is 0.0220. The number of hydrogen-bond acceptors (Lipinski definition) is 6. The molecule has 0 radical (unpaired) electrons. The van der Waals surface area contributed by atoms with Gasteiger partial charge < -0.3 is 9.26 Å². The van der Waals surface area contributed by atoms with Crippen molar-refractivity contribution in [3.63, 3.8) is 0 Å². The Kier molecular flexibility index (Phi) is 8.87. The van der Waals surface area contributed by atoms with Gasteiger partial charge in [-0.25, -0.2) is 4.39 Å². The van der Waals surface area contributed by atoms with E-state index in [1.54, 1.807) is 58.0 Å². The molecule has 3 aromatic carbocycles. The number of aryl methyl sites for hydroxylation is 1. The van der Waals surface area contributed by atoms with E-state index in [1.807, 2.05) is 13.8 Å². The van der Waals surface area contributed by atoms with Crippen molar-refractivity contribution < 1.29 is 31.6 Å². The Bertz CT molecular complexity index is 1570. The van der Waals surface area contributed by atoms with Crippen molar-refractivity contribution in [1.29, 1.82) is 0 Å². The van der Waals surface area contributed by atoms with Crippen LogP contribution in [0.5, 0.6) is 0 Å². The van der Waals surface area contributed by atoms with Crippen LogP contribution in [-0.4, -0.2) is 27.8 Å². The summed E-state index contributed by atoms with van der Waals surface area (Å²) in [7, 11) is 0. The van der Waals surface area contributed by atoms with Crippen LogP contribution in [0.1, 0.15) is 51.3 Å². The van der Waals surface area contributed by atoms with Crippen LogP contribution in [0.25, 0.3) is 34.0 Å². The molecule has 10 heteroatoms. The van der Waals surface area contributed by atoms with Gasteiger partial charge in [-0.05, 0) is 68.5 Å². The van der Waals surface area contributed by atoms with Crippen LogP contribution in [0.2, 0.25) is 0 Å². The van der Waals surface area contributed by atoms with Crippen molar-refractivity contribution >= 4 is 5.97 Å². The highest BCUT2D eigenvalue weighted by Gasteiger charge is 2.35. The van der Waals surface area contributed by atoms with Gasteiger partial charge in [0.25, 0.3) is 5.89 Å². The molecule has 4 aromatic rings. The SMILES string of the molecule is Cc1ccccc1-c1ccc(-c2nc(-c3ccc(CNC(C(=O)OC(C)(C)C)C(C)C)c(F)c3)no2)cc1C(F)(F)F. The van der Waals surface area contributed by atoms with E-state index in [0.717, 1.165) is 6.07 Å². The first-order valence-corrected chi connectivity index (χ1v) is 13.5. The van der Waals surface area contributed by atoms with Crippen LogP contribution in [0, 0.1) is 18.7 Å². The van der Waals surface area contributed by atoms with E-state index in [2.05, 4.69) is 15.5 Å². The van der Waals surface area contributed by atoms with E-state index in [9.17, 15) is 18.0 Å². The number of carbonyl (C=O) groups is 1. The summed E-state index contributed by atoms with van der Waals surface area (Å²) in [5.41, 5.74) is 0.412. The van der Waals surface area contributed by atoms with Gasteiger partial charge >= 0.3 is 12.1 Å². The van der Waals surface area contributed by atoms with Crippen molar-refractivity contribution in [3.8, 4) is 34.0 Å². The summed E-state index contributed by atoms with van der Waals surface area (Å²) in [6.45, 7) is 10.9. The minimum Gasteiger partial charge on any atom is -0.459 e. The van der Waals surface area contributed by atoms with Crippen LogP contribution in [0.4, 0.5) is 17.6 Å². The largest absolute Gasteiger partial charge is 0.459 e. The average molecular weight is 584 g/mol. The molecule has 1 unspecified atom stereocenters. The zero-order valence-electron chi connectivity index (χ0n) is 24.3. The molecule has 0 spiro atoms. The van der Waals surface area contributed by atoms with Crippen LogP contribution in [-0.2, 0) is 22.3 Å². The molecule has 0 aliphatic carbocycles. The van der Waals surface area contributed by atoms with Gasteiger partial charge in [0.15, 0.2) is 0 Å². The lowest BCUT2D eigenvalue weighted by molar-refractivity contribution is -0.158. The predicted octanol–water partition coefficient (Wildman–Crippen LogP) is 7.99. The summed E-state index contributed by atoms with van der Waals surface area (Å²) < 4.78 is 67.9. The van der Waals surface area contributed by atoms with Gasteiger partial charge in [-0.15, -0.1) is 0 Å². The predicted molar refractivity (Wildman–Crippen MR) is 152 cm³/mol. The normalized spacial score (nSPS) is 12.9. The Balaban J connectivity index is 1.55. The number of halogens is 4. The van der Waals surface area contributed by atoms with Crippen molar-refractivity contribution in [2.75, 3.05) is 0 Å². The van der Waals surface area contributed by atoms with Crippen LogP contribution in [0.15, 0.2) is 65.2 Å². The second kappa shape index (κ2) is 12.1. The zero-order valence-corrected chi connectivity index (χ0v) is 24.3. The second-order valence-corrected chi connectivity index (χ2v) is 11.4. The number of alkyl halides is 3. The lowest BCUT2D eigenvalue weighted by Crippen LogP contribution is -2.44. The number of nitrogens with zero attached hydrogens (tertiary/aromatic N) is 2. The second-order valence-electron chi connectivity index (χ2n) is 11.4. The summed E-state index contributed by atoms with van der Waals surface area (Å²) in [5, 5.41) is 6.93. The van der Waals surface area contributed by atoms with E-state index < -0.39 is 35.2 Å². The summed E-state index contributed by atoms with van der Waals surface area (Å²) in [6.07, 6.45) is -4.62. The first-order chi connectivity index (χ1) is 19.6. The number of carbonyl (C=O) groups excluding carboxylic acids is 1. The number of benzene rings is 3. The molecule has 4 rings (SSSR count). The van der Waals surface area contributed by atoms with Crippen LogP contribution in [0.3, 0.4) is 0 Å². The quantitative estimate of drug-likeness (QED) is 0.167. The van der Waals surface area contributed by atoms with Gasteiger partial charge in [0.2, 0.25) is 5.82 Å². The average Bonchev–Trinajstić information content (AvgIpc) is 3.38. The van der Waals surface area contributed by atoms with Gasteiger partial charge in [-0.2, -0.15) is 18.2 Å². The third kappa shape index (κ3) is 7.23. The summed E-state index contributed by atoms with van der Waals surface area (Å²) >= 11 is 0. The molecule has 42 heavy (non-hydrogen) atoms. The molecule has 1 aromatic heterocycles. The third-order valence-corrected chi connectivity index (χ3v) is 6.58. The molecular formula is C32H33F4N3O3. The van der Waals surface area contributed by atoms with Gasteiger partial charge in [-0.1, -0.05) is 61.5 Å². The summed E-state index contributed by atoms with van der Waals surface area (Å²) in [6, 6.07) is 14.4. The molecule has 0 aliphatic heterocycles. The zero-order chi connectivity index (χ0) is 30.8. The molecule has 0 saturated heterocycles. The molecule has 6 nitrogen and oxygen atoms in total. The summed E-state index contributed by atoms with van der Waals surface area (Å²) in [5.74, 6) is -1.19. The molecule has 1 N–H and O–H groups in total. The lowest BCUT2D eigenvalue weighted by Gasteiger charge is -2.26. The van der Waals surface area contributed by atoms with Crippen LogP contribution >= 0.6 is 0 Å².